The summed E-state index contributed by atoms with van der Waals surface area (Å²) in [5.41, 5.74) is 0.234. The van der Waals surface area contributed by atoms with Crippen molar-refractivity contribution >= 4 is 39.7 Å². The lowest BCUT2D eigenvalue weighted by Gasteiger charge is -2.11. The van der Waals surface area contributed by atoms with Gasteiger partial charge < -0.3 is 10.2 Å². The number of azo groups is 1. The predicted octanol–water partition coefficient (Wildman–Crippen LogP) is 4.68. The molecule has 0 aromatic heterocycles. The fourth-order valence-corrected chi connectivity index (χ4v) is 2.38. The Bertz CT molecular complexity index is 938. The molecule has 3 aromatic rings. The Morgan fingerprint density at radius 2 is 1.83 bits per heavy atom. The first-order valence-corrected chi connectivity index (χ1v) is 7.07. The Balaban J connectivity index is 2.11. The molecule has 0 saturated heterocycles. The Hall–Kier alpha value is -2.92. The van der Waals surface area contributed by atoms with Crippen LogP contribution in [0.15, 0.2) is 64.8 Å². The van der Waals surface area contributed by atoms with Crippen LogP contribution in [0, 0.1) is 0 Å². The van der Waals surface area contributed by atoms with E-state index in [0.717, 1.165) is 5.39 Å². The van der Waals surface area contributed by atoms with E-state index in [2.05, 4.69) is 10.2 Å². The van der Waals surface area contributed by atoms with Crippen LogP contribution in [-0.4, -0.2) is 11.1 Å². The molecule has 1 N–H and O–H groups in total. The number of hydrogen-bond donors (Lipinski definition) is 1. The van der Waals surface area contributed by atoms with Gasteiger partial charge in [-0.1, -0.05) is 53.7 Å². The predicted molar refractivity (Wildman–Crippen MR) is 86.0 cm³/mol. The summed E-state index contributed by atoms with van der Waals surface area (Å²) in [6, 6.07) is 14.7. The highest BCUT2D eigenvalue weighted by atomic mass is 35.5. The molecule has 6 heteroatoms. The van der Waals surface area contributed by atoms with Crippen molar-refractivity contribution in [2.24, 2.45) is 10.2 Å². The molecule has 0 aliphatic rings. The van der Waals surface area contributed by atoms with Gasteiger partial charge in [0.25, 0.3) is 0 Å². The van der Waals surface area contributed by atoms with Crippen LogP contribution in [0.25, 0.3) is 10.8 Å². The summed E-state index contributed by atoms with van der Waals surface area (Å²) < 4.78 is 0. The maximum absolute atomic E-state index is 12.0. The number of benzene rings is 3. The van der Waals surface area contributed by atoms with Crippen molar-refractivity contribution in [2.45, 2.75) is 0 Å². The van der Waals surface area contributed by atoms with Crippen LogP contribution in [0.2, 0.25) is 5.02 Å². The zero-order valence-corrected chi connectivity index (χ0v) is 12.5. The topological polar surface area (TPSA) is 85.1 Å². The molecule has 0 unspecified atom stereocenters. The standard InChI is InChI=1S/C17H11ClN2O3/c18-11-6-7-14(13(9-11)17(22)23)19-20-16-12-4-2-1-3-10(12)5-8-15(16)21/h1-9,21H,(H,22,23)/p-1. The first-order valence-electron chi connectivity index (χ1n) is 6.69. The summed E-state index contributed by atoms with van der Waals surface area (Å²) in [5, 5.41) is 31.0. The molecule has 0 radical (unpaired) electrons. The van der Waals surface area contributed by atoms with Crippen LogP contribution in [0.1, 0.15) is 10.4 Å². The fourth-order valence-electron chi connectivity index (χ4n) is 2.21. The number of carboxylic acids is 1. The minimum atomic E-state index is -1.17. The van der Waals surface area contributed by atoms with E-state index in [1.54, 1.807) is 18.2 Å². The van der Waals surface area contributed by atoms with Gasteiger partial charge >= 0.3 is 5.97 Å². The van der Waals surface area contributed by atoms with E-state index in [4.69, 9.17) is 11.6 Å². The molecule has 114 valence electrons. The Morgan fingerprint density at radius 1 is 1.04 bits per heavy atom. The number of fused-ring (bicyclic) bond motifs is 1. The molecule has 0 spiro atoms. The largest absolute Gasteiger partial charge is 0.871 e. The molecule has 5 nitrogen and oxygen atoms in total. The van der Waals surface area contributed by atoms with E-state index >= 15 is 0 Å². The SMILES string of the molecule is O=C(O)c1cc(Cl)ccc1N=Nc1c([O-])ccc2ccccc12. The van der Waals surface area contributed by atoms with Gasteiger partial charge in [-0.05, 0) is 23.6 Å². The first kappa shape index (κ1) is 15.0. The summed E-state index contributed by atoms with van der Waals surface area (Å²) in [7, 11) is 0. The summed E-state index contributed by atoms with van der Waals surface area (Å²) in [4.78, 5) is 11.2. The lowest BCUT2D eigenvalue weighted by Crippen LogP contribution is -1.96. The molecule has 0 aliphatic carbocycles. The minimum Gasteiger partial charge on any atom is -0.871 e. The van der Waals surface area contributed by atoms with Crippen molar-refractivity contribution in [3.05, 3.63) is 65.2 Å². The highest BCUT2D eigenvalue weighted by molar-refractivity contribution is 6.31. The molecule has 0 heterocycles. The van der Waals surface area contributed by atoms with Gasteiger partial charge in [-0.3, -0.25) is 0 Å². The number of nitrogens with zero attached hydrogens (tertiary/aromatic N) is 2. The summed E-state index contributed by atoms with van der Waals surface area (Å²) in [5.74, 6) is -1.44. The van der Waals surface area contributed by atoms with Crippen LogP contribution >= 0.6 is 11.6 Å². The molecule has 0 atom stereocenters. The molecule has 0 fully saturated rings. The van der Waals surface area contributed by atoms with Gasteiger partial charge in [0.05, 0.1) is 11.3 Å². The first-order chi connectivity index (χ1) is 11.1. The second-order valence-electron chi connectivity index (χ2n) is 4.80. The quantitative estimate of drug-likeness (QED) is 0.709. The van der Waals surface area contributed by atoms with Gasteiger partial charge in [-0.25, -0.2) is 4.79 Å². The number of hydrogen-bond acceptors (Lipinski definition) is 4. The third-order valence-corrected chi connectivity index (χ3v) is 3.55. The summed E-state index contributed by atoms with van der Waals surface area (Å²) in [6.45, 7) is 0. The van der Waals surface area contributed by atoms with Crippen molar-refractivity contribution in [3.8, 4) is 5.75 Å². The second kappa shape index (κ2) is 6.06. The molecular formula is C17H10ClN2O3-. The van der Waals surface area contributed by atoms with E-state index in [9.17, 15) is 15.0 Å². The number of carboxylic acid groups (broad SMARTS) is 1. The maximum atomic E-state index is 12.0. The number of halogens is 1. The highest BCUT2D eigenvalue weighted by Gasteiger charge is 2.10. The van der Waals surface area contributed by atoms with E-state index in [-0.39, 0.29) is 27.7 Å². The third kappa shape index (κ3) is 3.00. The second-order valence-corrected chi connectivity index (χ2v) is 5.24. The van der Waals surface area contributed by atoms with Gasteiger partial charge in [0.15, 0.2) is 0 Å². The average Bonchev–Trinajstić information content (AvgIpc) is 2.54. The van der Waals surface area contributed by atoms with Gasteiger partial charge in [0, 0.05) is 10.4 Å². The van der Waals surface area contributed by atoms with Crippen LogP contribution < -0.4 is 5.11 Å². The zero-order valence-electron chi connectivity index (χ0n) is 11.7. The van der Waals surface area contributed by atoms with Crippen molar-refractivity contribution in [1.82, 2.24) is 0 Å². The molecule has 23 heavy (non-hydrogen) atoms. The van der Waals surface area contributed by atoms with Gasteiger partial charge in [-0.2, -0.15) is 5.11 Å². The van der Waals surface area contributed by atoms with E-state index in [1.807, 2.05) is 12.1 Å². The van der Waals surface area contributed by atoms with Crippen molar-refractivity contribution in [2.75, 3.05) is 0 Å². The van der Waals surface area contributed by atoms with Gasteiger partial charge in [0.2, 0.25) is 0 Å². The van der Waals surface area contributed by atoms with E-state index in [0.29, 0.717) is 5.39 Å². The lowest BCUT2D eigenvalue weighted by molar-refractivity contribution is -0.267. The average molecular weight is 326 g/mol. The van der Waals surface area contributed by atoms with E-state index < -0.39 is 5.97 Å². The van der Waals surface area contributed by atoms with Crippen LogP contribution in [0.4, 0.5) is 11.4 Å². The number of carbonyl (C=O) groups is 1. The number of aromatic carboxylic acids is 1. The van der Waals surface area contributed by atoms with Gasteiger partial charge in [-0.15, -0.1) is 5.11 Å². The van der Waals surface area contributed by atoms with Crippen molar-refractivity contribution in [3.63, 3.8) is 0 Å². The van der Waals surface area contributed by atoms with Crippen LogP contribution in [0.3, 0.4) is 0 Å². The van der Waals surface area contributed by atoms with Crippen LogP contribution in [0.5, 0.6) is 5.75 Å². The van der Waals surface area contributed by atoms with Gasteiger partial charge in [0.1, 0.15) is 5.69 Å². The molecule has 0 bridgehead atoms. The molecule has 3 rings (SSSR count). The molecule has 0 amide bonds. The fraction of sp³-hybridized carbons (Fsp3) is 0. The van der Waals surface area contributed by atoms with Crippen molar-refractivity contribution in [1.29, 1.82) is 0 Å². The van der Waals surface area contributed by atoms with Crippen molar-refractivity contribution < 1.29 is 15.0 Å². The Kier molecular flexibility index (Phi) is 3.95. The summed E-state index contributed by atoms with van der Waals surface area (Å²) in [6.07, 6.45) is 0. The monoisotopic (exact) mass is 325 g/mol. The minimum absolute atomic E-state index is 0.0751. The Morgan fingerprint density at radius 3 is 2.61 bits per heavy atom. The normalized spacial score (nSPS) is 11.2. The zero-order chi connectivity index (χ0) is 16.4. The highest BCUT2D eigenvalue weighted by Crippen LogP contribution is 2.35. The molecule has 3 aromatic carbocycles. The lowest BCUT2D eigenvalue weighted by atomic mass is 10.1. The Labute approximate surface area is 136 Å². The number of rotatable bonds is 3. The van der Waals surface area contributed by atoms with Crippen LogP contribution in [-0.2, 0) is 0 Å². The molecular weight excluding hydrogens is 316 g/mol. The third-order valence-electron chi connectivity index (χ3n) is 3.31. The summed E-state index contributed by atoms with van der Waals surface area (Å²) >= 11 is 5.80. The smallest absolute Gasteiger partial charge is 0.338 e. The molecule has 0 saturated carbocycles. The van der Waals surface area contributed by atoms with E-state index in [1.165, 1.54) is 24.3 Å². The maximum Gasteiger partial charge on any atom is 0.338 e. The molecule has 0 aliphatic heterocycles.